The normalized spacial score (nSPS) is 20.8. The van der Waals surface area contributed by atoms with Gasteiger partial charge in [-0.15, -0.1) is 0 Å². The lowest BCUT2D eigenvalue weighted by atomic mass is 9.59. The van der Waals surface area contributed by atoms with Crippen molar-refractivity contribution in [1.82, 2.24) is 0 Å². The summed E-state index contributed by atoms with van der Waals surface area (Å²) in [5, 5.41) is 0. The van der Waals surface area contributed by atoms with Crippen LogP contribution in [0.3, 0.4) is 0 Å². The SMILES string of the molecule is CCCCCCCCC1(CCCCCCCC)C2=Cc3ccccc3C2N=C2Cc3ccccc3C21. The number of hydrogen-bond donors (Lipinski definition) is 0. The standard InChI is InChI=1S/C35H47N/c1-3-5-7-9-11-17-23-35(24-18-12-10-8-6-4-2)31-25-27-19-14-16-22-30(27)34(31)36-32-26-28-20-13-15-21-29(28)33(32)35/h13-16,19-22,25,33-34H,3-12,17-18,23-24,26H2,1-2H3. The zero-order valence-electron chi connectivity index (χ0n) is 22.9. The van der Waals surface area contributed by atoms with E-state index in [2.05, 4.69) is 68.5 Å². The van der Waals surface area contributed by atoms with Gasteiger partial charge in [0, 0.05) is 23.5 Å². The molecule has 5 rings (SSSR count). The number of aliphatic imine (C=N–C) groups is 1. The fraction of sp³-hybridized carbons (Fsp3) is 0.571. The number of nitrogens with zero attached hydrogens (tertiary/aromatic N) is 1. The van der Waals surface area contributed by atoms with Crippen molar-refractivity contribution >= 4 is 11.8 Å². The molecule has 0 N–H and O–H groups in total. The first-order valence-electron chi connectivity index (χ1n) is 15.2. The Morgan fingerprint density at radius 1 is 0.694 bits per heavy atom. The average molecular weight is 482 g/mol. The van der Waals surface area contributed by atoms with Crippen LogP contribution in [0.25, 0.3) is 6.08 Å². The summed E-state index contributed by atoms with van der Waals surface area (Å²) in [6, 6.07) is 18.6. The monoisotopic (exact) mass is 481 g/mol. The molecule has 0 radical (unpaired) electrons. The average Bonchev–Trinajstić information content (AvgIpc) is 3.47. The smallest absolute Gasteiger partial charge is 0.0974 e. The van der Waals surface area contributed by atoms with Crippen LogP contribution in [-0.2, 0) is 6.42 Å². The summed E-state index contributed by atoms with van der Waals surface area (Å²) >= 11 is 0. The minimum Gasteiger partial charge on any atom is -0.280 e. The van der Waals surface area contributed by atoms with Crippen LogP contribution in [0.15, 0.2) is 59.1 Å². The topological polar surface area (TPSA) is 12.4 Å². The molecule has 3 aliphatic rings. The molecule has 2 unspecified atom stereocenters. The highest BCUT2D eigenvalue weighted by atomic mass is 14.9. The van der Waals surface area contributed by atoms with E-state index in [1.165, 1.54) is 112 Å². The third-order valence-electron chi connectivity index (χ3n) is 9.34. The van der Waals surface area contributed by atoms with E-state index in [0.717, 1.165) is 6.42 Å². The first-order valence-corrected chi connectivity index (χ1v) is 15.2. The maximum atomic E-state index is 5.54. The van der Waals surface area contributed by atoms with Gasteiger partial charge in [-0.1, -0.05) is 146 Å². The van der Waals surface area contributed by atoms with Crippen molar-refractivity contribution < 1.29 is 0 Å². The third-order valence-corrected chi connectivity index (χ3v) is 9.34. The molecular formula is C35H47N. The first kappa shape index (κ1) is 25.5. The Morgan fingerprint density at radius 3 is 1.97 bits per heavy atom. The van der Waals surface area contributed by atoms with Gasteiger partial charge in [0.15, 0.2) is 0 Å². The number of unbranched alkanes of at least 4 members (excludes halogenated alkanes) is 10. The summed E-state index contributed by atoms with van der Waals surface area (Å²) < 4.78 is 0. The molecule has 36 heavy (non-hydrogen) atoms. The van der Waals surface area contributed by atoms with Crippen LogP contribution < -0.4 is 0 Å². The maximum absolute atomic E-state index is 5.54. The molecule has 2 aromatic carbocycles. The molecule has 0 aromatic heterocycles. The summed E-state index contributed by atoms with van der Waals surface area (Å²) in [6.45, 7) is 4.64. The lowest BCUT2D eigenvalue weighted by molar-refractivity contribution is 0.240. The lowest BCUT2D eigenvalue weighted by Crippen LogP contribution is -2.39. The molecule has 1 heteroatoms. The van der Waals surface area contributed by atoms with Gasteiger partial charge in [-0.2, -0.15) is 0 Å². The number of hydrogen-bond acceptors (Lipinski definition) is 1. The zero-order chi connectivity index (χ0) is 24.8. The molecule has 192 valence electrons. The summed E-state index contributed by atoms with van der Waals surface area (Å²) in [4.78, 5) is 5.54. The molecule has 0 bridgehead atoms. The zero-order valence-corrected chi connectivity index (χ0v) is 22.9. The number of benzene rings is 2. The highest BCUT2D eigenvalue weighted by Crippen LogP contribution is 2.62. The molecule has 0 saturated heterocycles. The van der Waals surface area contributed by atoms with Gasteiger partial charge in [0.25, 0.3) is 0 Å². The Balaban J connectivity index is 1.48. The van der Waals surface area contributed by atoms with E-state index in [-0.39, 0.29) is 11.5 Å². The van der Waals surface area contributed by atoms with Crippen molar-refractivity contribution in [2.24, 2.45) is 10.4 Å². The summed E-state index contributed by atoms with van der Waals surface area (Å²) in [7, 11) is 0. The molecule has 2 aliphatic carbocycles. The van der Waals surface area contributed by atoms with Crippen molar-refractivity contribution in [1.29, 1.82) is 0 Å². The minimum atomic E-state index is 0.225. The van der Waals surface area contributed by atoms with Crippen LogP contribution in [0, 0.1) is 5.41 Å². The van der Waals surface area contributed by atoms with E-state index in [1.54, 1.807) is 11.1 Å². The van der Waals surface area contributed by atoms with Gasteiger partial charge in [-0.3, -0.25) is 4.99 Å². The van der Waals surface area contributed by atoms with E-state index in [1.807, 2.05) is 0 Å². The molecule has 0 saturated carbocycles. The number of rotatable bonds is 14. The van der Waals surface area contributed by atoms with Crippen LogP contribution in [0.1, 0.15) is 138 Å². The van der Waals surface area contributed by atoms with Crippen LogP contribution in [0.4, 0.5) is 0 Å². The van der Waals surface area contributed by atoms with E-state index in [0.29, 0.717) is 5.92 Å². The Hall–Kier alpha value is -2.15. The molecule has 0 amide bonds. The predicted octanol–water partition coefficient (Wildman–Crippen LogP) is 10.4. The second-order valence-corrected chi connectivity index (χ2v) is 11.8. The highest BCUT2D eigenvalue weighted by molar-refractivity contribution is 6.00. The molecule has 0 fully saturated rings. The third kappa shape index (κ3) is 5.00. The van der Waals surface area contributed by atoms with Gasteiger partial charge < -0.3 is 0 Å². The maximum Gasteiger partial charge on any atom is 0.0974 e. The second-order valence-electron chi connectivity index (χ2n) is 11.8. The Kier molecular flexibility index (Phi) is 8.45. The van der Waals surface area contributed by atoms with E-state index in [9.17, 15) is 0 Å². The van der Waals surface area contributed by atoms with E-state index in [4.69, 9.17) is 4.99 Å². The summed E-state index contributed by atoms with van der Waals surface area (Å²) in [5.74, 6) is 0.483. The minimum absolute atomic E-state index is 0.225. The molecular weight excluding hydrogens is 434 g/mol. The molecule has 1 aliphatic heterocycles. The lowest BCUT2D eigenvalue weighted by Gasteiger charge is -2.47. The fourth-order valence-electron chi connectivity index (χ4n) is 7.53. The quantitative estimate of drug-likeness (QED) is 0.238. The second kappa shape index (κ2) is 11.9. The molecule has 2 aromatic rings. The van der Waals surface area contributed by atoms with Crippen LogP contribution in [0.5, 0.6) is 0 Å². The Morgan fingerprint density at radius 2 is 1.28 bits per heavy atom. The largest absolute Gasteiger partial charge is 0.280 e. The van der Waals surface area contributed by atoms with Crippen molar-refractivity contribution in [3.05, 3.63) is 76.4 Å². The Labute approximate surface area is 220 Å². The first-order chi connectivity index (χ1) is 17.8. The molecule has 2 atom stereocenters. The molecule has 0 spiro atoms. The van der Waals surface area contributed by atoms with E-state index < -0.39 is 0 Å². The van der Waals surface area contributed by atoms with Gasteiger partial charge in [-0.05, 0) is 40.7 Å². The Bertz CT molecular complexity index is 1060. The van der Waals surface area contributed by atoms with Crippen LogP contribution in [0.2, 0.25) is 0 Å². The highest BCUT2D eigenvalue weighted by Gasteiger charge is 2.53. The van der Waals surface area contributed by atoms with Gasteiger partial charge in [0.05, 0.1) is 6.04 Å². The van der Waals surface area contributed by atoms with Crippen molar-refractivity contribution in [3.63, 3.8) is 0 Å². The van der Waals surface area contributed by atoms with Crippen LogP contribution in [-0.4, -0.2) is 5.71 Å². The number of fused-ring (bicyclic) bond motifs is 6. The van der Waals surface area contributed by atoms with Crippen LogP contribution >= 0.6 is 0 Å². The molecule has 1 nitrogen and oxygen atoms in total. The fourth-order valence-corrected chi connectivity index (χ4v) is 7.53. The van der Waals surface area contributed by atoms with E-state index >= 15 is 0 Å². The summed E-state index contributed by atoms with van der Waals surface area (Å²) in [6.07, 6.45) is 22.8. The van der Waals surface area contributed by atoms with Gasteiger partial charge >= 0.3 is 0 Å². The molecule has 1 heterocycles. The van der Waals surface area contributed by atoms with Crippen molar-refractivity contribution in [2.75, 3.05) is 0 Å². The predicted molar refractivity (Wildman–Crippen MR) is 156 cm³/mol. The summed E-state index contributed by atoms with van der Waals surface area (Å²) in [5.41, 5.74) is 9.34. The van der Waals surface area contributed by atoms with Gasteiger partial charge in [0.1, 0.15) is 0 Å². The van der Waals surface area contributed by atoms with Gasteiger partial charge in [0.2, 0.25) is 0 Å². The van der Waals surface area contributed by atoms with Gasteiger partial charge in [-0.25, -0.2) is 0 Å². The van der Waals surface area contributed by atoms with Crippen molar-refractivity contribution in [3.8, 4) is 0 Å². The van der Waals surface area contributed by atoms with Crippen molar-refractivity contribution in [2.45, 2.75) is 122 Å².